The van der Waals surface area contributed by atoms with Gasteiger partial charge in [0.05, 0.1) is 26.7 Å². The van der Waals surface area contributed by atoms with E-state index in [1.807, 2.05) is 13.8 Å². The highest BCUT2D eigenvalue weighted by atomic mass is 35.5. The van der Waals surface area contributed by atoms with Crippen molar-refractivity contribution in [1.29, 1.82) is 0 Å². The molecule has 2 N–H and O–H groups in total. The molecule has 19 heavy (non-hydrogen) atoms. The fourth-order valence-electron chi connectivity index (χ4n) is 1.49. The lowest BCUT2D eigenvalue weighted by Crippen LogP contribution is -2.35. The Morgan fingerprint density at radius 2 is 1.89 bits per heavy atom. The van der Waals surface area contributed by atoms with Gasteiger partial charge in [-0.25, -0.2) is 0 Å². The third-order valence-electron chi connectivity index (χ3n) is 3.04. The molecule has 106 valence electrons. The second-order valence-corrected chi connectivity index (χ2v) is 5.57. The van der Waals surface area contributed by atoms with Gasteiger partial charge in [-0.1, -0.05) is 55.1 Å². The van der Waals surface area contributed by atoms with Crippen molar-refractivity contribution in [2.24, 2.45) is 5.92 Å². The topological polar surface area (TPSA) is 49.3 Å². The predicted octanol–water partition coefficient (Wildman–Crippen LogP) is 3.78. The molecule has 0 spiro atoms. The highest BCUT2D eigenvalue weighted by Gasteiger charge is 2.19. The number of rotatable bonds is 5. The largest absolute Gasteiger partial charge is 0.391 e. The lowest BCUT2D eigenvalue weighted by Gasteiger charge is -2.18. The van der Waals surface area contributed by atoms with Crippen LogP contribution in [0.2, 0.25) is 15.1 Å². The fraction of sp³-hybridized carbons (Fsp3) is 0.462. The van der Waals surface area contributed by atoms with Gasteiger partial charge in [-0.2, -0.15) is 0 Å². The number of carbonyl (C=O) groups excluding carboxylic acids is 1. The standard InChI is InChI=1S/C13H16Cl3NO2/c1-3-7(2)10(18)6-17-13(19)11-8(14)4-5-9(15)12(11)16/h4-5,7,10,18H,3,6H2,1-2H3,(H,17,19). The second-order valence-electron chi connectivity index (χ2n) is 4.38. The molecule has 2 atom stereocenters. The molecule has 1 aromatic carbocycles. The van der Waals surface area contributed by atoms with Gasteiger partial charge in [0.25, 0.3) is 5.91 Å². The van der Waals surface area contributed by atoms with Gasteiger partial charge in [0.1, 0.15) is 0 Å². The zero-order valence-corrected chi connectivity index (χ0v) is 13.0. The van der Waals surface area contributed by atoms with E-state index in [-0.39, 0.29) is 33.1 Å². The molecule has 0 saturated carbocycles. The number of hydrogen-bond donors (Lipinski definition) is 2. The van der Waals surface area contributed by atoms with Gasteiger partial charge in [-0.3, -0.25) is 4.79 Å². The molecule has 6 heteroatoms. The number of carbonyl (C=O) groups is 1. The number of benzene rings is 1. The summed E-state index contributed by atoms with van der Waals surface area (Å²) in [5, 5.41) is 13.0. The quantitative estimate of drug-likeness (QED) is 0.810. The first-order valence-corrected chi connectivity index (χ1v) is 7.11. The minimum absolute atomic E-state index is 0.102. The van der Waals surface area contributed by atoms with Crippen LogP contribution in [0, 0.1) is 5.92 Å². The molecule has 1 rings (SSSR count). The van der Waals surface area contributed by atoms with Crippen LogP contribution in [0.3, 0.4) is 0 Å². The Labute approximate surface area is 127 Å². The maximum Gasteiger partial charge on any atom is 0.254 e. The van der Waals surface area contributed by atoms with Gasteiger partial charge in [-0.15, -0.1) is 0 Å². The Balaban J connectivity index is 2.77. The maximum atomic E-state index is 12.0. The number of halogens is 3. The van der Waals surface area contributed by atoms with Crippen LogP contribution in [0.4, 0.5) is 0 Å². The van der Waals surface area contributed by atoms with Crippen LogP contribution in [0.25, 0.3) is 0 Å². The average Bonchev–Trinajstić information content (AvgIpc) is 2.39. The van der Waals surface area contributed by atoms with E-state index in [4.69, 9.17) is 34.8 Å². The fourth-order valence-corrected chi connectivity index (χ4v) is 2.19. The Morgan fingerprint density at radius 3 is 2.47 bits per heavy atom. The van der Waals surface area contributed by atoms with Crippen molar-refractivity contribution < 1.29 is 9.90 Å². The van der Waals surface area contributed by atoms with Crippen LogP contribution in [-0.2, 0) is 0 Å². The van der Waals surface area contributed by atoms with Crippen molar-refractivity contribution in [1.82, 2.24) is 5.32 Å². The molecule has 0 bridgehead atoms. The van der Waals surface area contributed by atoms with Gasteiger partial charge < -0.3 is 10.4 Å². The van der Waals surface area contributed by atoms with Crippen LogP contribution < -0.4 is 5.32 Å². The summed E-state index contributed by atoms with van der Waals surface area (Å²) in [5.74, 6) is -0.342. The molecule has 0 aliphatic carbocycles. The molecule has 3 nitrogen and oxygen atoms in total. The molecular weight excluding hydrogens is 309 g/mol. The van der Waals surface area contributed by atoms with Crippen LogP contribution in [-0.4, -0.2) is 23.7 Å². The van der Waals surface area contributed by atoms with E-state index in [1.165, 1.54) is 12.1 Å². The molecule has 0 saturated heterocycles. The van der Waals surface area contributed by atoms with Crippen LogP contribution >= 0.6 is 34.8 Å². The number of aliphatic hydroxyl groups is 1. The third kappa shape index (κ3) is 4.25. The number of nitrogens with one attached hydrogen (secondary N) is 1. The third-order valence-corrected chi connectivity index (χ3v) is 4.16. The van der Waals surface area contributed by atoms with Crippen molar-refractivity contribution in [3.8, 4) is 0 Å². The van der Waals surface area contributed by atoms with Gasteiger partial charge in [-0.05, 0) is 18.1 Å². The van der Waals surface area contributed by atoms with E-state index in [1.54, 1.807) is 0 Å². The Morgan fingerprint density at radius 1 is 1.32 bits per heavy atom. The van der Waals surface area contributed by atoms with E-state index in [0.29, 0.717) is 0 Å². The van der Waals surface area contributed by atoms with E-state index < -0.39 is 12.0 Å². The summed E-state index contributed by atoms with van der Waals surface area (Å²) in [6, 6.07) is 3.03. The summed E-state index contributed by atoms with van der Waals surface area (Å²) in [6.07, 6.45) is 0.223. The molecule has 0 aliphatic rings. The first kappa shape index (κ1) is 16.6. The van der Waals surface area contributed by atoms with E-state index in [2.05, 4.69) is 5.32 Å². The second kappa shape index (κ2) is 7.34. The van der Waals surface area contributed by atoms with Crippen molar-refractivity contribution in [2.75, 3.05) is 6.54 Å². The van der Waals surface area contributed by atoms with Crippen molar-refractivity contribution in [3.63, 3.8) is 0 Å². The normalized spacial score (nSPS) is 14.0. The molecule has 2 unspecified atom stereocenters. The highest BCUT2D eigenvalue weighted by molar-refractivity contribution is 6.46. The predicted molar refractivity (Wildman–Crippen MR) is 79.3 cm³/mol. The summed E-state index contributed by atoms with van der Waals surface area (Å²) < 4.78 is 0. The van der Waals surface area contributed by atoms with Gasteiger partial charge in [0, 0.05) is 6.54 Å². The lowest BCUT2D eigenvalue weighted by atomic mass is 10.0. The Bertz CT molecular complexity index is 465. The van der Waals surface area contributed by atoms with Crippen LogP contribution in [0.15, 0.2) is 12.1 Å². The number of amides is 1. The molecular formula is C13H16Cl3NO2. The first-order chi connectivity index (χ1) is 8.88. The molecule has 0 aliphatic heterocycles. The zero-order chi connectivity index (χ0) is 14.6. The summed E-state index contributed by atoms with van der Waals surface area (Å²) in [7, 11) is 0. The van der Waals surface area contributed by atoms with Gasteiger partial charge in [0.15, 0.2) is 0 Å². The summed E-state index contributed by atoms with van der Waals surface area (Å²) in [5.41, 5.74) is 0.132. The van der Waals surface area contributed by atoms with E-state index in [0.717, 1.165) is 6.42 Å². The summed E-state index contributed by atoms with van der Waals surface area (Å²) in [4.78, 5) is 12.0. The SMILES string of the molecule is CCC(C)C(O)CNC(=O)c1c(Cl)ccc(Cl)c1Cl. The summed E-state index contributed by atoms with van der Waals surface area (Å²) in [6.45, 7) is 4.03. The molecule has 0 aromatic heterocycles. The Hall–Kier alpha value is -0.480. The molecule has 1 aromatic rings. The Kier molecular flexibility index (Phi) is 6.40. The number of aliphatic hydroxyl groups excluding tert-OH is 1. The molecule has 1 amide bonds. The molecule has 0 fully saturated rings. The van der Waals surface area contributed by atoms with Crippen molar-refractivity contribution in [2.45, 2.75) is 26.4 Å². The van der Waals surface area contributed by atoms with Gasteiger partial charge in [0.2, 0.25) is 0 Å². The monoisotopic (exact) mass is 323 g/mol. The van der Waals surface area contributed by atoms with E-state index in [9.17, 15) is 9.90 Å². The first-order valence-electron chi connectivity index (χ1n) is 5.98. The molecule has 0 radical (unpaired) electrons. The van der Waals surface area contributed by atoms with Crippen molar-refractivity contribution >= 4 is 40.7 Å². The average molecular weight is 325 g/mol. The minimum Gasteiger partial charge on any atom is -0.391 e. The lowest BCUT2D eigenvalue weighted by molar-refractivity contribution is 0.0850. The van der Waals surface area contributed by atoms with Crippen LogP contribution in [0.5, 0.6) is 0 Å². The highest BCUT2D eigenvalue weighted by Crippen LogP contribution is 2.31. The molecule has 0 heterocycles. The van der Waals surface area contributed by atoms with E-state index >= 15 is 0 Å². The maximum absolute atomic E-state index is 12.0. The van der Waals surface area contributed by atoms with Crippen LogP contribution in [0.1, 0.15) is 30.6 Å². The minimum atomic E-state index is -0.606. The number of hydrogen-bond acceptors (Lipinski definition) is 2. The van der Waals surface area contributed by atoms with Gasteiger partial charge >= 0.3 is 0 Å². The zero-order valence-electron chi connectivity index (χ0n) is 10.7. The van der Waals surface area contributed by atoms with Crippen molar-refractivity contribution in [3.05, 3.63) is 32.8 Å². The smallest absolute Gasteiger partial charge is 0.254 e. The summed E-state index contributed by atoms with van der Waals surface area (Å²) >= 11 is 17.7.